The molecule has 4 unspecified atom stereocenters. The Hall–Kier alpha value is -0.890. The van der Waals surface area contributed by atoms with Gasteiger partial charge >= 0.3 is 5.97 Å². The molecule has 0 aromatic carbocycles. The maximum absolute atomic E-state index is 11.8. The van der Waals surface area contributed by atoms with Crippen LogP contribution in [0.15, 0.2) is 0 Å². The van der Waals surface area contributed by atoms with E-state index in [0.29, 0.717) is 19.3 Å². The fourth-order valence-electron chi connectivity index (χ4n) is 9.91. The number of aliphatic carboxylic acids is 1. The van der Waals surface area contributed by atoms with E-state index in [1.807, 2.05) is 20.8 Å². The Balaban J connectivity index is 1.29. The van der Waals surface area contributed by atoms with Gasteiger partial charge in [0.2, 0.25) is 0 Å². The summed E-state index contributed by atoms with van der Waals surface area (Å²) >= 11 is 0. The third-order valence-electron chi connectivity index (χ3n) is 13.0. The Labute approximate surface area is 281 Å². The second-order valence-electron chi connectivity index (χ2n) is 16.3. The van der Waals surface area contributed by atoms with Gasteiger partial charge in [-0.25, -0.2) is 0 Å². The lowest BCUT2D eigenvalue weighted by Gasteiger charge is -2.49. The molecule has 11 heteroatoms. The Morgan fingerprint density at radius 2 is 1.72 bits per heavy atom. The Bertz CT molecular complexity index is 1110. The van der Waals surface area contributed by atoms with Crippen LogP contribution in [-0.2, 0) is 33.2 Å². The van der Waals surface area contributed by atoms with Crippen LogP contribution in [-0.4, -0.2) is 106 Å². The minimum atomic E-state index is -1.56. The largest absolute Gasteiger partial charge is 0.481 e. The van der Waals surface area contributed by atoms with Crippen molar-refractivity contribution in [1.29, 1.82) is 0 Å². The molecule has 5 aliphatic rings. The first kappa shape index (κ1) is 37.4. The van der Waals surface area contributed by atoms with Crippen LogP contribution < -0.4 is 0 Å². The van der Waals surface area contributed by atoms with E-state index in [2.05, 4.69) is 27.7 Å². The molecular formula is C36H62O11. The van der Waals surface area contributed by atoms with Gasteiger partial charge in [0.25, 0.3) is 0 Å². The van der Waals surface area contributed by atoms with Gasteiger partial charge in [-0.1, -0.05) is 41.5 Å². The van der Waals surface area contributed by atoms with E-state index in [-0.39, 0.29) is 54.0 Å². The molecular weight excluding hydrogens is 608 g/mol. The first-order chi connectivity index (χ1) is 22.0. The molecule has 5 fully saturated rings. The molecule has 272 valence electrons. The third-order valence-corrected chi connectivity index (χ3v) is 13.0. The highest BCUT2D eigenvalue weighted by Crippen LogP contribution is 2.55. The van der Waals surface area contributed by atoms with Gasteiger partial charge in [-0.2, -0.15) is 0 Å². The van der Waals surface area contributed by atoms with Crippen molar-refractivity contribution >= 4 is 5.97 Å². The highest BCUT2D eigenvalue weighted by atomic mass is 16.7. The molecule has 11 nitrogen and oxygen atoms in total. The van der Waals surface area contributed by atoms with Gasteiger partial charge in [-0.15, -0.1) is 0 Å². The van der Waals surface area contributed by atoms with Crippen LogP contribution in [0, 0.1) is 35.5 Å². The lowest BCUT2D eigenvalue weighted by Crippen LogP contribution is -2.57. The van der Waals surface area contributed by atoms with Gasteiger partial charge in [0, 0.05) is 37.7 Å². The smallest absolute Gasteiger partial charge is 0.308 e. The van der Waals surface area contributed by atoms with Crippen LogP contribution in [0.4, 0.5) is 0 Å². The summed E-state index contributed by atoms with van der Waals surface area (Å²) in [6.07, 6.45) is 2.99. The number of carboxylic acid groups (broad SMARTS) is 1. The number of ether oxygens (including phenoxy) is 6. The van der Waals surface area contributed by atoms with Gasteiger partial charge in [0.1, 0.15) is 0 Å². The van der Waals surface area contributed by atoms with Crippen molar-refractivity contribution in [2.45, 2.75) is 172 Å². The molecule has 0 radical (unpaired) electrons. The average Bonchev–Trinajstić information content (AvgIpc) is 3.73. The van der Waals surface area contributed by atoms with Crippen LogP contribution in [0.1, 0.15) is 107 Å². The van der Waals surface area contributed by atoms with Crippen molar-refractivity contribution in [2.24, 2.45) is 35.5 Å². The average molecular weight is 671 g/mol. The zero-order valence-corrected chi connectivity index (χ0v) is 30.0. The standard InChI is InChI=1S/C36H62O11/c1-10-34(31-20(3)16-26(43-31)28-19(2)15-21(4)36(41,18-37)46-28)12-11-27(44-34)33(8)13-14-35(47-33)17-25(38)22(5)30(45-35)23(6)29(42-9)24(7)32(39)40/h19-31,37-38,41H,10-18H2,1-9H3,(H,39,40)/t19-,20?,21-,22-,23+,24+,25?,26+,27-,28+,29-,30-,31-,33+,34+,35?,36?/m1/s1. The van der Waals surface area contributed by atoms with E-state index < -0.39 is 59.6 Å². The molecule has 4 N–H and O–H groups in total. The number of hydrogen-bond acceptors (Lipinski definition) is 10. The highest BCUT2D eigenvalue weighted by molar-refractivity contribution is 5.70. The summed E-state index contributed by atoms with van der Waals surface area (Å²) in [6.45, 7) is 15.6. The SMILES string of the molecule is CC[C@@]1([C@@H]2O[C@H]([C@H]3OC(O)(CO)[C@H](C)C[C@H]3C)CC2C)CC[C@H]([C@]2(C)CCC3(CC(O)[C@@H](C)[C@H]([C@@H](C)[C@@H](OC)[C@H](C)C(=O)O)O3)O2)O1. The molecule has 5 rings (SSSR count). The highest BCUT2D eigenvalue weighted by Gasteiger charge is 2.62. The molecule has 17 atom stereocenters. The Kier molecular flexibility index (Phi) is 10.9. The molecule has 47 heavy (non-hydrogen) atoms. The van der Waals surface area contributed by atoms with Gasteiger partial charge in [-0.3, -0.25) is 4.79 Å². The van der Waals surface area contributed by atoms with E-state index in [0.717, 1.165) is 32.1 Å². The number of methoxy groups -OCH3 is 1. The van der Waals surface area contributed by atoms with Crippen molar-refractivity contribution in [3.63, 3.8) is 0 Å². The number of hydrogen-bond donors (Lipinski definition) is 4. The van der Waals surface area contributed by atoms with Crippen molar-refractivity contribution in [2.75, 3.05) is 13.7 Å². The molecule has 5 aliphatic heterocycles. The zero-order chi connectivity index (χ0) is 34.7. The third kappa shape index (κ3) is 6.67. The predicted molar refractivity (Wildman–Crippen MR) is 172 cm³/mol. The summed E-state index contributed by atoms with van der Waals surface area (Å²) in [6, 6.07) is 0. The van der Waals surface area contributed by atoms with Crippen LogP contribution in [0.3, 0.4) is 0 Å². The number of carbonyl (C=O) groups is 1. The van der Waals surface area contributed by atoms with Crippen LogP contribution in [0.2, 0.25) is 0 Å². The number of carboxylic acids is 1. The first-order valence-corrected chi connectivity index (χ1v) is 18.1. The van der Waals surface area contributed by atoms with Crippen molar-refractivity contribution in [1.82, 2.24) is 0 Å². The topological polar surface area (TPSA) is 153 Å². The molecule has 1 spiro atoms. The minimum absolute atomic E-state index is 0.153. The Morgan fingerprint density at radius 1 is 1.02 bits per heavy atom. The van der Waals surface area contributed by atoms with Crippen LogP contribution in [0.5, 0.6) is 0 Å². The minimum Gasteiger partial charge on any atom is -0.481 e. The molecule has 5 heterocycles. The van der Waals surface area contributed by atoms with Crippen LogP contribution >= 0.6 is 0 Å². The number of aliphatic hydroxyl groups excluding tert-OH is 2. The van der Waals surface area contributed by atoms with E-state index in [1.54, 1.807) is 6.92 Å². The lowest BCUT2D eigenvalue weighted by atomic mass is 9.78. The zero-order valence-electron chi connectivity index (χ0n) is 30.0. The fraction of sp³-hybridized carbons (Fsp3) is 0.972. The van der Waals surface area contributed by atoms with Crippen LogP contribution in [0.25, 0.3) is 0 Å². The summed E-state index contributed by atoms with van der Waals surface area (Å²) < 4.78 is 39.4. The summed E-state index contributed by atoms with van der Waals surface area (Å²) in [5.41, 5.74) is -1.15. The van der Waals surface area contributed by atoms with Gasteiger partial charge in [0.05, 0.1) is 66.5 Å². The van der Waals surface area contributed by atoms with Crippen molar-refractivity contribution in [3.05, 3.63) is 0 Å². The Morgan fingerprint density at radius 3 is 2.34 bits per heavy atom. The van der Waals surface area contributed by atoms with Gasteiger partial charge in [0.15, 0.2) is 11.6 Å². The van der Waals surface area contributed by atoms with E-state index >= 15 is 0 Å². The van der Waals surface area contributed by atoms with E-state index in [1.165, 1.54) is 7.11 Å². The molecule has 5 saturated heterocycles. The summed E-state index contributed by atoms with van der Waals surface area (Å²) in [4.78, 5) is 11.8. The van der Waals surface area contributed by atoms with Crippen molar-refractivity contribution < 1.29 is 53.6 Å². The summed E-state index contributed by atoms with van der Waals surface area (Å²) in [5.74, 6) is -4.52. The quantitative estimate of drug-likeness (QED) is 0.264. The van der Waals surface area contributed by atoms with Crippen molar-refractivity contribution in [3.8, 4) is 0 Å². The number of aliphatic hydroxyl groups is 3. The normalized spacial score (nSPS) is 50.9. The number of rotatable bonds is 10. The van der Waals surface area contributed by atoms with E-state index in [9.17, 15) is 25.2 Å². The maximum Gasteiger partial charge on any atom is 0.308 e. The monoisotopic (exact) mass is 670 g/mol. The summed E-state index contributed by atoms with van der Waals surface area (Å²) in [7, 11) is 1.52. The summed E-state index contributed by atoms with van der Waals surface area (Å²) in [5, 5.41) is 41.8. The predicted octanol–water partition coefficient (Wildman–Crippen LogP) is 4.27. The molecule has 0 aromatic heterocycles. The first-order valence-electron chi connectivity index (χ1n) is 18.1. The van der Waals surface area contributed by atoms with E-state index in [4.69, 9.17) is 28.4 Å². The molecule has 0 aromatic rings. The molecule has 0 saturated carbocycles. The molecule has 0 amide bonds. The maximum atomic E-state index is 11.8. The lowest BCUT2D eigenvalue weighted by molar-refractivity contribution is -0.336. The molecule has 0 aliphatic carbocycles. The van der Waals surface area contributed by atoms with Gasteiger partial charge < -0.3 is 48.8 Å². The fourth-order valence-corrected chi connectivity index (χ4v) is 9.91. The second-order valence-corrected chi connectivity index (χ2v) is 16.3. The van der Waals surface area contributed by atoms with Gasteiger partial charge in [-0.05, 0) is 64.2 Å². The second kappa shape index (κ2) is 13.7. The molecule has 0 bridgehead atoms.